The van der Waals surface area contributed by atoms with Crippen molar-refractivity contribution in [3.05, 3.63) is 62.4 Å². The Kier molecular flexibility index (Phi) is 7.08. The summed E-state index contributed by atoms with van der Waals surface area (Å²) in [5.74, 6) is -1.39. The smallest absolute Gasteiger partial charge is 0.337 e. The molecule has 3 rings (SSSR count). The molecule has 0 fully saturated rings. The number of carbonyl (C=O) groups is 3. The Bertz CT molecular complexity index is 1040. The molecule has 0 radical (unpaired) electrons. The lowest BCUT2D eigenvalue weighted by atomic mass is 9.89. The highest BCUT2D eigenvalue weighted by atomic mass is 35.5. The van der Waals surface area contributed by atoms with Gasteiger partial charge in [-0.25, -0.2) is 9.59 Å². The Labute approximate surface area is 189 Å². The van der Waals surface area contributed by atoms with Crippen molar-refractivity contribution in [2.75, 3.05) is 14.2 Å². The van der Waals surface area contributed by atoms with Crippen molar-refractivity contribution in [1.82, 2.24) is 10.3 Å². The Morgan fingerprint density at radius 1 is 1.03 bits per heavy atom. The molecule has 1 aliphatic carbocycles. The molecule has 0 aliphatic heterocycles. The van der Waals surface area contributed by atoms with E-state index in [4.69, 9.17) is 32.7 Å². The lowest BCUT2D eigenvalue weighted by Gasteiger charge is -2.23. The van der Waals surface area contributed by atoms with Crippen LogP contribution in [-0.4, -0.2) is 43.1 Å². The average Bonchev–Trinajstić information content (AvgIpc) is 3.05. The van der Waals surface area contributed by atoms with Crippen LogP contribution in [0.4, 0.5) is 0 Å². The summed E-state index contributed by atoms with van der Waals surface area (Å²) in [6.45, 7) is 1.74. The normalized spacial score (nSPS) is 15.8. The summed E-state index contributed by atoms with van der Waals surface area (Å²) in [5.41, 5.74) is 3.12. The van der Waals surface area contributed by atoms with E-state index in [2.05, 4.69) is 10.3 Å². The monoisotopic (exact) mass is 464 g/mol. The predicted octanol–water partition coefficient (Wildman–Crippen LogP) is 4.57. The number of allylic oxidation sites excluding steroid dienone is 1. The standard InChI is InChI=1S/C22H22Cl2N2O5/c1-11-17(23)18(24)19(25-11)20(27)26-16-6-4-12(5-7-16)13-8-14(21(28)30-2)10-15(9-13)22(29)31-3/h4,8-10,16,25H,5-7H2,1-3H3,(H,26,27). The van der Waals surface area contributed by atoms with Gasteiger partial charge < -0.3 is 19.8 Å². The van der Waals surface area contributed by atoms with Crippen molar-refractivity contribution in [1.29, 1.82) is 0 Å². The Morgan fingerprint density at radius 2 is 1.65 bits per heavy atom. The van der Waals surface area contributed by atoms with Crippen LogP contribution >= 0.6 is 23.2 Å². The summed E-state index contributed by atoms with van der Waals surface area (Å²) in [6.07, 6.45) is 3.90. The minimum atomic E-state index is -0.537. The molecule has 1 amide bonds. The number of aryl methyl sites for hydroxylation is 1. The van der Waals surface area contributed by atoms with Crippen LogP contribution in [0.25, 0.3) is 5.57 Å². The maximum atomic E-state index is 12.5. The molecule has 7 nitrogen and oxygen atoms in total. The molecule has 0 saturated carbocycles. The number of amides is 1. The summed E-state index contributed by atoms with van der Waals surface area (Å²) in [5, 5.41) is 3.50. The molecule has 1 aromatic carbocycles. The van der Waals surface area contributed by atoms with Crippen molar-refractivity contribution in [2.24, 2.45) is 0 Å². The van der Waals surface area contributed by atoms with Gasteiger partial charge in [0.15, 0.2) is 0 Å². The van der Waals surface area contributed by atoms with Crippen molar-refractivity contribution < 1.29 is 23.9 Å². The summed E-state index contributed by atoms with van der Waals surface area (Å²) >= 11 is 12.2. The van der Waals surface area contributed by atoms with Crippen molar-refractivity contribution in [2.45, 2.75) is 32.2 Å². The second kappa shape index (κ2) is 9.58. The van der Waals surface area contributed by atoms with Gasteiger partial charge in [0.25, 0.3) is 5.91 Å². The highest BCUT2D eigenvalue weighted by Crippen LogP contribution is 2.31. The topological polar surface area (TPSA) is 97.5 Å². The number of rotatable bonds is 5. The van der Waals surface area contributed by atoms with E-state index in [1.807, 2.05) is 6.08 Å². The molecular weight excluding hydrogens is 443 g/mol. The van der Waals surface area contributed by atoms with Crippen molar-refractivity contribution >= 4 is 46.6 Å². The van der Waals surface area contributed by atoms with Gasteiger partial charge in [0.1, 0.15) is 5.69 Å². The van der Waals surface area contributed by atoms with E-state index in [0.29, 0.717) is 30.0 Å². The van der Waals surface area contributed by atoms with Crippen LogP contribution in [0, 0.1) is 6.92 Å². The number of benzene rings is 1. The molecule has 1 aromatic heterocycles. The van der Waals surface area contributed by atoms with Crippen LogP contribution in [0.2, 0.25) is 10.0 Å². The number of aromatic amines is 1. The molecule has 2 N–H and O–H groups in total. The summed E-state index contributed by atoms with van der Waals surface area (Å²) in [6, 6.07) is 4.73. The van der Waals surface area contributed by atoms with Gasteiger partial charge in [0, 0.05) is 11.7 Å². The Balaban J connectivity index is 1.77. The molecule has 9 heteroatoms. The van der Waals surface area contributed by atoms with E-state index in [1.165, 1.54) is 20.3 Å². The van der Waals surface area contributed by atoms with Crippen molar-refractivity contribution in [3.8, 4) is 0 Å². The summed E-state index contributed by atoms with van der Waals surface area (Å²) < 4.78 is 9.58. The quantitative estimate of drug-likeness (QED) is 0.631. The minimum Gasteiger partial charge on any atom is -0.465 e. The molecule has 2 aromatic rings. The molecule has 164 valence electrons. The third kappa shape index (κ3) is 4.94. The molecular formula is C22H22Cl2N2O5. The first-order valence-electron chi connectivity index (χ1n) is 9.60. The van der Waals surface area contributed by atoms with Gasteiger partial charge in [0.2, 0.25) is 0 Å². The van der Waals surface area contributed by atoms with Crippen LogP contribution in [-0.2, 0) is 9.47 Å². The number of H-pyrrole nitrogens is 1. The highest BCUT2D eigenvalue weighted by molar-refractivity contribution is 6.44. The zero-order valence-electron chi connectivity index (χ0n) is 17.3. The number of halogens is 2. The first-order valence-corrected chi connectivity index (χ1v) is 10.4. The van der Waals surface area contributed by atoms with Crippen LogP contribution in [0.1, 0.15) is 61.7 Å². The zero-order chi connectivity index (χ0) is 22.7. The third-order valence-electron chi connectivity index (χ3n) is 5.17. The van der Waals surface area contributed by atoms with Crippen LogP contribution in [0.3, 0.4) is 0 Å². The van der Waals surface area contributed by atoms with E-state index in [0.717, 1.165) is 11.1 Å². The van der Waals surface area contributed by atoms with Crippen molar-refractivity contribution in [3.63, 3.8) is 0 Å². The number of ether oxygens (including phenoxy) is 2. The van der Waals surface area contributed by atoms with Gasteiger partial charge >= 0.3 is 11.9 Å². The van der Waals surface area contributed by atoms with Crippen LogP contribution < -0.4 is 5.32 Å². The van der Waals surface area contributed by atoms with E-state index in [-0.39, 0.29) is 33.8 Å². The molecule has 0 bridgehead atoms. The first-order chi connectivity index (χ1) is 14.7. The summed E-state index contributed by atoms with van der Waals surface area (Å²) in [7, 11) is 2.57. The first kappa shape index (κ1) is 22.9. The largest absolute Gasteiger partial charge is 0.465 e. The maximum absolute atomic E-state index is 12.5. The van der Waals surface area contributed by atoms with Gasteiger partial charge in [-0.15, -0.1) is 0 Å². The van der Waals surface area contributed by atoms with Gasteiger partial charge in [-0.2, -0.15) is 0 Å². The second-order valence-corrected chi connectivity index (χ2v) is 7.97. The van der Waals surface area contributed by atoms with Gasteiger partial charge in [-0.05, 0) is 55.5 Å². The highest BCUT2D eigenvalue weighted by Gasteiger charge is 2.23. The fraction of sp³-hybridized carbons (Fsp3) is 0.318. The molecule has 0 spiro atoms. The van der Waals surface area contributed by atoms with Gasteiger partial charge in [-0.3, -0.25) is 4.79 Å². The van der Waals surface area contributed by atoms with E-state index >= 15 is 0 Å². The maximum Gasteiger partial charge on any atom is 0.337 e. The SMILES string of the molecule is COC(=O)c1cc(C(=O)OC)cc(C2=CCC(NC(=O)c3[nH]c(C)c(Cl)c3Cl)CC2)c1. The van der Waals surface area contributed by atoms with Crippen LogP contribution in [0.15, 0.2) is 24.3 Å². The molecule has 1 unspecified atom stereocenters. The molecule has 1 aliphatic rings. The van der Waals surface area contributed by atoms with E-state index in [9.17, 15) is 14.4 Å². The zero-order valence-corrected chi connectivity index (χ0v) is 18.8. The molecule has 31 heavy (non-hydrogen) atoms. The van der Waals surface area contributed by atoms with Crippen LogP contribution in [0.5, 0.6) is 0 Å². The molecule has 1 heterocycles. The minimum absolute atomic E-state index is 0.0847. The van der Waals surface area contributed by atoms with E-state index < -0.39 is 11.9 Å². The second-order valence-electron chi connectivity index (χ2n) is 7.21. The number of esters is 2. The number of methoxy groups -OCH3 is 2. The Hall–Kier alpha value is -2.77. The number of hydrogen-bond acceptors (Lipinski definition) is 5. The Morgan fingerprint density at radius 3 is 2.10 bits per heavy atom. The number of nitrogens with one attached hydrogen (secondary N) is 2. The molecule has 1 atom stereocenters. The number of carbonyl (C=O) groups excluding carboxylic acids is 3. The number of aromatic nitrogens is 1. The molecule has 0 saturated heterocycles. The number of hydrogen-bond donors (Lipinski definition) is 2. The lowest BCUT2D eigenvalue weighted by Crippen LogP contribution is -2.36. The fourth-order valence-electron chi connectivity index (χ4n) is 3.50. The van der Waals surface area contributed by atoms with Gasteiger partial charge in [0.05, 0.1) is 35.4 Å². The fourth-order valence-corrected chi connectivity index (χ4v) is 3.91. The average molecular weight is 465 g/mol. The van der Waals surface area contributed by atoms with Gasteiger partial charge in [-0.1, -0.05) is 29.3 Å². The van der Waals surface area contributed by atoms with E-state index in [1.54, 1.807) is 19.1 Å². The summed E-state index contributed by atoms with van der Waals surface area (Å²) in [4.78, 5) is 39.5. The predicted molar refractivity (Wildman–Crippen MR) is 118 cm³/mol. The third-order valence-corrected chi connectivity index (χ3v) is 6.12. The lowest BCUT2D eigenvalue weighted by molar-refractivity contribution is 0.0598.